The average Bonchev–Trinajstić information content (AvgIpc) is 3.07. The van der Waals surface area contributed by atoms with E-state index >= 15 is 0 Å². The number of amides is 1. The number of carboxylic acid groups (broad SMARTS) is 1. The zero-order valence-electron chi connectivity index (χ0n) is 18.2. The van der Waals surface area contributed by atoms with Gasteiger partial charge in [-0.15, -0.1) is 0 Å². The zero-order valence-corrected chi connectivity index (χ0v) is 20.6. The lowest BCUT2D eigenvalue weighted by Gasteiger charge is -2.14. The van der Waals surface area contributed by atoms with E-state index in [0.717, 1.165) is 5.56 Å². The number of thioether (sulfide) groups is 1. The van der Waals surface area contributed by atoms with Gasteiger partial charge in [-0.1, -0.05) is 12.7 Å². The van der Waals surface area contributed by atoms with E-state index in [1.807, 2.05) is 26.0 Å². The number of aromatic carboxylic acids is 1. The monoisotopic (exact) mass is 530 g/mol. The summed E-state index contributed by atoms with van der Waals surface area (Å²) in [6, 6.07) is 9.88. The highest BCUT2D eigenvalue weighted by Crippen LogP contribution is 2.39. The Balaban J connectivity index is 1.93. The second kappa shape index (κ2) is 11.2. The lowest BCUT2D eigenvalue weighted by molar-refractivity contribution is -0.122. The molecule has 3 rings (SSSR count). The third kappa shape index (κ3) is 5.85. The fraction of sp³-hybridized carbons (Fsp3) is 0.208. The summed E-state index contributed by atoms with van der Waals surface area (Å²) >= 11 is 4.79. The SMILES string of the molecule is C=CCOc1c(Br)cc(/C=C2\SC(=Nc3ccc(C(=O)O)cc3)N(CC)C2=O)cc1OCC. The van der Waals surface area contributed by atoms with Crippen molar-refractivity contribution in [2.75, 3.05) is 19.8 Å². The summed E-state index contributed by atoms with van der Waals surface area (Å²) in [5.74, 6) is -0.00897. The molecule has 0 aromatic heterocycles. The highest BCUT2D eigenvalue weighted by Gasteiger charge is 2.32. The maximum atomic E-state index is 13.0. The number of aliphatic imine (C=N–C) groups is 1. The number of carbonyl (C=O) groups is 2. The molecule has 2 aromatic rings. The maximum Gasteiger partial charge on any atom is 0.335 e. The van der Waals surface area contributed by atoms with Gasteiger partial charge in [-0.3, -0.25) is 9.69 Å². The van der Waals surface area contributed by atoms with Crippen LogP contribution in [0.15, 0.2) is 63.4 Å². The van der Waals surface area contributed by atoms with Crippen LogP contribution in [0.25, 0.3) is 6.08 Å². The van der Waals surface area contributed by atoms with Gasteiger partial charge in [0.2, 0.25) is 0 Å². The third-order valence-corrected chi connectivity index (χ3v) is 6.11. The second-order valence-corrected chi connectivity index (χ2v) is 8.63. The lowest BCUT2D eigenvalue weighted by atomic mass is 10.2. The molecule has 2 aromatic carbocycles. The summed E-state index contributed by atoms with van der Waals surface area (Å²) in [7, 11) is 0. The molecule has 1 aliphatic heterocycles. The first-order valence-electron chi connectivity index (χ1n) is 10.2. The number of benzene rings is 2. The standard InChI is InChI=1S/C24H23BrN2O5S/c1-4-11-32-21-18(25)12-15(13-19(21)31-6-3)14-20-22(28)27(5-2)24(33-20)26-17-9-7-16(8-10-17)23(29)30/h4,7-10,12-14H,1,5-6,11H2,2-3H3,(H,29,30)/b20-14-,26-24?. The van der Waals surface area contributed by atoms with Gasteiger partial charge in [-0.25, -0.2) is 9.79 Å². The van der Waals surface area contributed by atoms with Gasteiger partial charge in [0, 0.05) is 6.54 Å². The largest absolute Gasteiger partial charge is 0.490 e. The van der Waals surface area contributed by atoms with E-state index in [2.05, 4.69) is 27.5 Å². The minimum absolute atomic E-state index is 0.149. The third-order valence-electron chi connectivity index (χ3n) is 4.52. The van der Waals surface area contributed by atoms with Crippen molar-refractivity contribution in [2.24, 2.45) is 4.99 Å². The van der Waals surface area contributed by atoms with Crippen LogP contribution in [0.5, 0.6) is 11.5 Å². The first kappa shape index (κ1) is 24.6. The Kier molecular flexibility index (Phi) is 8.35. The van der Waals surface area contributed by atoms with Crippen LogP contribution in [0.3, 0.4) is 0 Å². The molecule has 9 heteroatoms. The summed E-state index contributed by atoms with van der Waals surface area (Å²) < 4.78 is 12.1. The molecular weight excluding hydrogens is 508 g/mol. The number of rotatable bonds is 9. The average molecular weight is 531 g/mol. The van der Waals surface area contributed by atoms with Crippen LogP contribution >= 0.6 is 27.7 Å². The first-order chi connectivity index (χ1) is 15.9. The van der Waals surface area contributed by atoms with Gasteiger partial charge in [0.1, 0.15) is 6.61 Å². The number of carbonyl (C=O) groups excluding carboxylic acids is 1. The van der Waals surface area contributed by atoms with E-state index in [1.54, 1.807) is 29.2 Å². The summed E-state index contributed by atoms with van der Waals surface area (Å²) in [6.07, 6.45) is 3.44. The number of amidine groups is 1. The molecule has 1 saturated heterocycles. The molecule has 0 atom stereocenters. The Bertz CT molecular complexity index is 1130. The molecule has 0 bridgehead atoms. The zero-order chi connectivity index (χ0) is 24.0. The van der Waals surface area contributed by atoms with Crippen LogP contribution in [-0.2, 0) is 4.79 Å². The predicted molar refractivity (Wildman–Crippen MR) is 134 cm³/mol. The molecule has 1 amide bonds. The van der Waals surface area contributed by atoms with Gasteiger partial charge < -0.3 is 14.6 Å². The molecule has 7 nitrogen and oxygen atoms in total. The number of hydrogen-bond donors (Lipinski definition) is 1. The predicted octanol–water partition coefficient (Wildman–Crippen LogP) is 5.73. The summed E-state index contributed by atoms with van der Waals surface area (Å²) in [5, 5.41) is 9.59. The van der Waals surface area contributed by atoms with Gasteiger partial charge in [0.25, 0.3) is 5.91 Å². The van der Waals surface area contributed by atoms with Crippen molar-refractivity contribution in [3.63, 3.8) is 0 Å². The summed E-state index contributed by atoms with van der Waals surface area (Å²) in [6.45, 7) is 8.69. The fourth-order valence-corrected chi connectivity index (χ4v) is 4.66. The van der Waals surface area contributed by atoms with Gasteiger partial charge in [-0.2, -0.15) is 0 Å². The fourth-order valence-electron chi connectivity index (χ4n) is 3.03. The van der Waals surface area contributed by atoms with E-state index in [4.69, 9.17) is 14.6 Å². The molecule has 0 spiro atoms. The molecular formula is C24H23BrN2O5S. The highest BCUT2D eigenvalue weighted by molar-refractivity contribution is 9.10. The van der Waals surface area contributed by atoms with Crippen molar-refractivity contribution in [1.82, 2.24) is 4.90 Å². The number of hydrogen-bond acceptors (Lipinski definition) is 6. The number of likely N-dealkylation sites (N-methyl/N-ethyl adjacent to an activating group) is 1. The highest BCUT2D eigenvalue weighted by atomic mass is 79.9. The van der Waals surface area contributed by atoms with Crippen molar-refractivity contribution in [3.8, 4) is 11.5 Å². The van der Waals surface area contributed by atoms with Crippen LogP contribution in [0.1, 0.15) is 29.8 Å². The molecule has 172 valence electrons. The molecule has 1 heterocycles. The Labute approximate surface area is 204 Å². The van der Waals surface area contributed by atoms with E-state index < -0.39 is 5.97 Å². The molecule has 0 aliphatic carbocycles. The van der Waals surface area contributed by atoms with Crippen LogP contribution in [0.4, 0.5) is 5.69 Å². The number of ether oxygens (including phenoxy) is 2. The minimum Gasteiger partial charge on any atom is -0.490 e. The second-order valence-electron chi connectivity index (χ2n) is 6.77. The molecule has 0 saturated carbocycles. The van der Waals surface area contributed by atoms with E-state index in [-0.39, 0.29) is 11.5 Å². The van der Waals surface area contributed by atoms with Gasteiger partial charge in [0.05, 0.1) is 27.2 Å². The Morgan fingerprint density at radius 2 is 1.97 bits per heavy atom. The minimum atomic E-state index is -1.00. The summed E-state index contributed by atoms with van der Waals surface area (Å²) in [4.78, 5) is 30.7. The van der Waals surface area contributed by atoms with Crippen molar-refractivity contribution < 1.29 is 24.2 Å². The smallest absolute Gasteiger partial charge is 0.335 e. The van der Waals surface area contributed by atoms with E-state index in [1.165, 1.54) is 23.9 Å². The quantitative estimate of drug-likeness (QED) is 0.328. The van der Waals surface area contributed by atoms with Crippen LogP contribution in [-0.4, -0.2) is 46.8 Å². The Morgan fingerprint density at radius 1 is 1.24 bits per heavy atom. The molecule has 1 N–H and O–H groups in total. The Hall–Kier alpha value is -3.04. The summed E-state index contributed by atoms with van der Waals surface area (Å²) in [5.41, 5.74) is 1.52. The molecule has 1 aliphatic rings. The normalized spacial score (nSPS) is 15.8. The molecule has 0 unspecified atom stereocenters. The van der Waals surface area contributed by atoms with Gasteiger partial charge >= 0.3 is 5.97 Å². The first-order valence-corrected chi connectivity index (χ1v) is 11.8. The van der Waals surface area contributed by atoms with Crippen molar-refractivity contribution in [1.29, 1.82) is 0 Å². The van der Waals surface area contributed by atoms with Crippen molar-refractivity contribution in [2.45, 2.75) is 13.8 Å². The molecule has 33 heavy (non-hydrogen) atoms. The van der Waals surface area contributed by atoms with Crippen molar-refractivity contribution >= 4 is 56.5 Å². The topological polar surface area (TPSA) is 88.4 Å². The van der Waals surface area contributed by atoms with Crippen LogP contribution in [0.2, 0.25) is 0 Å². The molecule has 1 fully saturated rings. The number of nitrogens with zero attached hydrogens (tertiary/aromatic N) is 2. The maximum absolute atomic E-state index is 13.0. The van der Waals surface area contributed by atoms with E-state index in [9.17, 15) is 9.59 Å². The number of halogens is 1. The van der Waals surface area contributed by atoms with Crippen LogP contribution in [0, 0.1) is 0 Å². The Morgan fingerprint density at radius 3 is 2.58 bits per heavy atom. The van der Waals surface area contributed by atoms with Gasteiger partial charge in [-0.05, 0) is 89.6 Å². The van der Waals surface area contributed by atoms with Crippen LogP contribution < -0.4 is 9.47 Å². The lowest BCUT2D eigenvalue weighted by Crippen LogP contribution is -2.28. The van der Waals surface area contributed by atoms with Gasteiger partial charge in [0.15, 0.2) is 16.7 Å². The van der Waals surface area contributed by atoms with E-state index in [0.29, 0.717) is 51.5 Å². The molecule has 0 radical (unpaired) electrons. The number of carboxylic acids is 1. The van der Waals surface area contributed by atoms with Crippen molar-refractivity contribution in [3.05, 3.63) is 69.6 Å².